The Labute approximate surface area is 161 Å². The van der Waals surface area contributed by atoms with Crippen molar-refractivity contribution < 1.29 is 19.2 Å². The van der Waals surface area contributed by atoms with Gasteiger partial charge in [-0.05, 0) is 25.3 Å². The minimum atomic E-state index is -0.501. The number of unbranched alkanes of at least 4 members (excludes halogenated alkanes) is 2. The molecule has 0 saturated carbocycles. The van der Waals surface area contributed by atoms with Gasteiger partial charge in [0.1, 0.15) is 25.7 Å². The number of morpholine rings is 1. The second-order valence-electron chi connectivity index (χ2n) is 7.20. The lowest BCUT2D eigenvalue weighted by atomic mass is 10.0. The summed E-state index contributed by atoms with van der Waals surface area (Å²) in [5, 5.41) is 5.78. The van der Waals surface area contributed by atoms with Gasteiger partial charge in [-0.2, -0.15) is 0 Å². The third kappa shape index (κ3) is 8.41. The summed E-state index contributed by atoms with van der Waals surface area (Å²) in [7, 11) is 0. The van der Waals surface area contributed by atoms with E-state index < -0.39 is 6.03 Å². The molecule has 1 heterocycles. The van der Waals surface area contributed by atoms with Crippen molar-refractivity contribution in [2.24, 2.45) is 5.73 Å². The highest BCUT2D eigenvalue weighted by Crippen LogP contribution is 2.13. The van der Waals surface area contributed by atoms with Gasteiger partial charge in [0.2, 0.25) is 5.91 Å². The third-order valence-electron chi connectivity index (χ3n) is 4.89. The number of rotatable bonds is 10. The van der Waals surface area contributed by atoms with E-state index >= 15 is 0 Å². The number of quaternary nitrogens is 1. The molecule has 0 spiro atoms. The molecule has 3 amide bonds. The van der Waals surface area contributed by atoms with Crippen LogP contribution in [0.1, 0.15) is 42.9 Å². The number of hydrogen-bond acceptors (Lipinski definition) is 3. The van der Waals surface area contributed by atoms with E-state index in [0.29, 0.717) is 13.0 Å². The van der Waals surface area contributed by atoms with E-state index in [1.54, 1.807) is 0 Å². The molecule has 5 N–H and O–H groups in total. The number of amides is 3. The average Bonchev–Trinajstić information content (AvgIpc) is 2.65. The molecule has 1 atom stereocenters. The van der Waals surface area contributed by atoms with E-state index in [4.69, 9.17) is 10.5 Å². The number of aryl methyl sites for hydroxylation is 1. The number of primary amides is 1. The summed E-state index contributed by atoms with van der Waals surface area (Å²) in [6.07, 6.45) is 3.02. The van der Waals surface area contributed by atoms with Crippen LogP contribution in [-0.4, -0.2) is 51.3 Å². The highest BCUT2D eigenvalue weighted by Gasteiger charge is 2.22. The van der Waals surface area contributed by atoms with Gasteiger partial charge >= 0.3 is 6.03 Å². The van der Waals surface area contributed by atoms with Gasteiger partial charge in [0.15, 0.2) is 0 Å². The molecule has 1 aliphatic rings. The zero-order valence-electron chi connectivity index (χ0n) is 16.3. The average molecular weight is 378 g/mol. The Morgan fingerprint density at radius 3 is 2.52 bits per heavy atom. The summed E-state index contributed by atoms with van der Waals surface area (Å²) in [5.41, 5.74) is 7.39. The topological polar surface area (TPSA) is 97.9 Å². The van der Waals surface area contributed by atoms with E-state index in [-0.39, 0.29) is 11.9 Å². The molecule has 0 unspecified atom stereocenters. The molecule has 150 valence electrons. The van der Waals surface area contributed by atoms with Crippen molar-refractivity contribution in [1.82, 2.24) is 10.6 Å². The van der Waals surface area contributed by atoms with Gasteiger partial charge in [-0.15, -0.1) is 0 Å². The fourth-order valence-corrected chi connectivity index (χ4v) is 3.27. The number of carbonyl (C=O) groups is 2. The molecule has 1 fully saturated rings. The number of urea groups is 1. The Morgan fingerprint density at radius 2 is 1.85 bits per heavy atom. The lowest BCUT2D eigenvalue weighted by Crippen LogP contribution is -3.14. The van der Waals surface area contributed by atoms with Crippen LogP contribution >= 0.6 is 0 Å². The van der Waals surface area contributed by atoms with Crippen LogP contribution in [0.5, 0.6) is 0 Å². The van der Waals surface area contributed by atoms with Gasteiger partial charge in [-0.25, -0.2) is 4.79 Å². The monoisotopic (exact) mass is 377 g/mol. The number of nitrogens with two attached hydrogens (primary N) is 1. The van der Waals surface area contributed by atoms with E-state index in [1.165, 1.54) is 10.5 Å². The molecule has 1 aliphatic heterocycles. The second-order valence-corrected chi connectivity index (χ2v) is 7.20. The van der Waals surface area contributed by atoms with Crippen LogP contribution in [-0.2, 0) is 9.53 Å². The fourth-order valence-electron chi connectivity index (χ4n) is 3.27. The first-order valence-corrected chi connectivity index (χ1v) is 9.85. The number of carbonyl (C=O) groups excluding carboxylic acids is 2. The maximum atomic E-state index is 12.4. The van der Waals surface area contributed by atoms with Crippen molar-refractivity contribution in [3.05, 3.63) is 35.4 Å². The Bertz CT molecular complexity index is 585. The summed E-state index contributed by atoms with van der Waals surface area (Å²) in [6.45, 7) is 7.02. The van der Waals surface area contributed by atoms with Crippen LogP contribution < -0.4 is 21.3 Å². The molecular weight excluding hydrogens is 344 g/mol. The molecule has 0 aromatic heterocycles. The van der Waals surface area contributed by atoms with Gasteiger partial charge in [-0.1, -0.05) is 36.2 Å². The van der Waals surface area contributed by atoms with Crippen molar-refractivity contribution in [2.45, 2.75) is 38.6 Å². The predicted octanol–water partition coefficient (Wildman–Crippen LogP) is 0.296. The maximum Gasteiger partial charge on any atom is 0.312 e. The predicted molar refractivity (Wildman–Crippen MR) is 104 cm³/mol. The molecule has 1 saturated heterocycles. The first-order chi connectivity index (χ1) is 13.0. The molecule has 27 heavy (non-hydrogen) atoms. The largest absolute Gasteiger partial charge is 0.370 e. The van der Waals surface area contributed by atoms with Crippen LogP contribution in [0.4, 0.5) is 4.79 Å². The van der Waals surface area contributed by atoms with E-state index in [2.05, 4.69) is 41.8 Å². The zero-order valence-corrected chi connectivity index (χ0v) is 16.3. The van der Waals surface area contributed by atoms with E-state index in [1.807, 2.05) is 0 Å². The van der Waals surface area contributed by atoms with Crippen molar-refractivity contribution in [1.29, 1.82) is 0 Å². The Kier molecular flexibility index (Phi) is 9.07. The number of nitrogens with one attached hydrogen (secondary N) is 3. The minimum absolute atomic E-state index is 0.0164. The SMILES string of the molecule is Cc1ccc([C@@H](C[NH+]2CCOCC2)NC(=O)CCCCCNC(N)=O)cc1. The fraction of sp³-hybridized carbons (Fsp3) is 0.600. The Morgan fingerprint density at radius 1 is 1.15 bits per heavy atom. The number of ether oxygens (including phenoxy) is 1. The van der Waals surface area contributed by atoms with Gasteiger partial charge in [-0.3, -0.25) is 4.79 Å². The highest BCUT2D eigenvalue weighted by molar-refractivity contribution is 5.76. The second kappa shape index (κ2) is 11.6. The van der Waals surface area contributed by atoms with E-state index in [0.717, 1.165) is 57.7 Å². The molecule has 7 nitrogen and oxygen atoms in total. The molecule has 0 bridgehead atoms. The number of hydrogen-bond donors (Lipinski definition) is 4. The molecule has 7 heteroatoms. The van der Waals surface area contributed by atoms with Crippen LogP contribution in [0.15, 0.2) is 24.3 Å². The summed E-state index contributed by atoms with van der Waals surface area (Å²) >= 11 is 0. The minimum Gasteiger partial charge on any atom is -0.370 e. The zero-order chi connectivity index (χ0) is 19.5. The number of benzene rings is 1. The van der Waals surface area contributed by atoms with Gasteiger partial charge < -0.3 is 26.0 Å². The summed E-state index contributed by atoms with van der Waals surface area (Å²) in [4.78, 5) is 24.5. The van der Waals surface area contributed by atoms with Gasteiger partial charge in [0.05, 0.1) is 13.2 Å². The van der Waals surface area contributed by atoms with Crippen LogP contribution in [0.25, 0.3) is 0 Å². The molecular formula is C20H33N4O3+. The molecule has 1 aromatic rings. The van der Waals surface area contributed by atoms with Gasteiger partial charge in [0, 0.05) is 13.0 Å². The smallest absolute Gasteiger partial charge is 0.312 e. The van der Waals surface area contributed by atoms with Crippen molar-refractivity contribution >= 4 is 11.9 Å². The van der Waals surface area contributed by atoms with Crippen molar-refractivity contribution in [2.75, 3.05) is 39.4 Å². The van der Waals surface area contributed by atoms with Crippen LogP contribution in [0, 0.1) is 6.92 Å². The molecule has 2 rings (SSSR count). The van der Waals surface area contributed by atoms with Crippen molar-refractivity contribution in [3.8, 4) is 0 Å². The van der Waals surface area contributed by atoms with Crippen LogP contribution in [0.3, 0.4) is 0 Å². The quantitative estimate of drug-likeness (QED) is 0.441. The molecule has 0 aliphatic carbocycles. The maximum absolute atomic E-state index is 12.4. The first-order valence-electron chi connectivity index (χ1n) is 9.85. The van der Waals surface area contributed by atoms with Crippen LogP contribution in [0.2, 0.25) is 0 Å². The third-order valence-corrected chi connectivity index (χ3v) is 4.89. The van der Waals surface area contributed by atoms with E-state index in [9.17, 15) is 9.59 Å². The first kappa shape index (κ1) is 21.2. The molecule has 1 aromatic carbocycles. The highest BCUT2D eigenvalue weighted by atomic mass is 16.5. The lowest BCUT2D eigenvalue weighted by molar-refractivity contribution is -0.909. The Balaban J connectivity index is 1.82. The van der Waals surface area contributed by atoms with Gasteiger partial charge in [0.25, 0.3) is 0 Å². The standard InChI is InChI=1S/C20H32N4O3/c1-16-6-8-17(9-7-16)18(15-24-11-13-27-14-12-24)23-19(25)5-3-2-4-10-22-20(21)26/h6-9,18H,2-5,10-15H2,1H3,(H,23,25)(H3,21,22,26)/p+1/t18-/m1/s1. The summed E-state index contributed by atoms with van der Waals surface area (Å²) < 4.78 is 5.44. The summed E-state index contributed by atoms with van der Waals surface area (Å²) in [6, 6.07) is 7.91. The van der Waals surface area contributed by atoms with Crippen molar-refractivity contribution in [3.63, 3.8) is 0 Å². The summed E-state index contributed by atoms with van der Waals surface area (Å²) in [5.74, 6) is 0.0797. The molecule has 0 radical (unpaired) electrons. The normalized spacial score (nSPS) is 15.9. The Hall–Kier alpha value is -2.12. The lowest BCUT2D eigenvalue weighted by Gasteiger charge is -2.28.